The van der Waals surface area contributed by atoms with Gasteiger partial charge in [0.05, 0.1) is 13.0 Å². The number of halogens is 2. The number of rotatable bonds is 7. The van der Waals surface area contributed by atoms with Gasteiger partial charge in [0, 0.05) is 24.7 Å². The highest BCUT2D eigenvalue weighted by molar-refractivity contribution is 5.77. The van der Waals surface area contributed by atoms with Crippen LogP contribution in [0, 0.1) is 0 Å². The third kappa shape index (κ3) is 5.16. The fourth-order valence-electron chi connectivity index (χ4n) is 2.70. The SMILES string of the molecule is CCCCOc1cccc(C(F)(F)CC(=O)N2CCC(N)CC2)c1. The molecule has 0 saturated carbocycles. The fraction of sp³-hybridized carbons (Fsp3) is 0.611. The second-order valence-electron chi connectivity index (χ2n) is 6.33. The molecule has 0 aromatic heterocycles. The van der Waals surface area contributed by atoms with Crippen LogP contribution < -0.4 is 10.5 Å². The molecule has 134 valence electrons. The predicted molar refractivity (Wildman–Crippen MR) is 89.1 cm³/mol. The third-order valence-electron chi connectivity index (χ3n) is 4.29. The zero-order valence-electron chi connectivity index (χ0n) is 14.1. The third-order valence-corrected chi connectivity index (χ3v) is 4.29. The standard InChI is InChI=1S/C18H26F2N2O2/c1-2-3-11-24-16-6-4-5-14(12-16)18(19,20)13-17(23)22-9-7-15(21)8-10-22/h4-6,12,15H,2-3,7-11,13,21H2,1H3. The van der Waals surface area contributed by atoms with Gasteiger partial charge in [0.15, 0.2) is 0 Å². The molecule has 4 nitrogen and oxygen atoms in total. The summed E-state index contributed by atoms with van der Waals surface area (Å²) in [6.07, 6.45) is 2.36. The summed E-state index contributed by atoms with van der Waals surface area (Å²) in [4.78, 5) is 13.6. The minimum absolute atomic E-state index is 0.0616. The van der Waals surface area contributed by atoms with Crippen molar-refractivity contribution in [3.05, 3.63) is 29.8 Å². The summed E-state index contributed by atoms with van der Waals surface area (Å²) in [5.41, 5.74) is 5.60. The summed E-state index contributed by atoms with van der Waals surface area (Å²) < 4.78 is 34.4. The van der Waals surface area contributed by atoms with Crippen LogP contribution >= 0.6 is 0 Å². The van der Waals surface area contributed by atoms with E-state index in [9.17, 15) is 13.6 Å². The first kappa shape index (κ1) is 18.6. The Morgan fingerprint density at radius 3 is 2.75 bits per heavy atom. The Bertz CT molecular complexity index is 544. The van der Waals surface area contributed by atoms with E-state index < -0.39 is 18.3 Å². The minimum atomic E-state index is -3.21. The molecule has 0 bridgehead atoms. The predicted octanol–water partition coefficient (Wildman–Crippen LogP) is 3.30. The number of nitrogens with two attached hydrogens (primary N) is 1. The van der Waals surface area contributed by atoms with Crippen LogP contribution in [-0.2, 0) is 10.7 Å². The van der Waals surface area contributed by atoms with Gasteiger partial charge in [-0.15, -0.1) is 0 Å². The van der Waals surface area contributed by atoms with E-state index in [2.05, 4.69) is 0 Å². The van der Waals surface area contributed by atoms with Crippen molar-refractivity contribution in [1.29, 1.82) is 0 Å². The summed E-state index contributed by atoms with van der Waals surface area (Å²) in [6, 6.07) is 5.92. The van der Waals surface area contributed by atoms with Gasteiger partial charge in [-0.05, 0) is 31.4 Å². The van der Waals surface area contributed by atoms with E-state index in [1.165, 1.54) is 23.1 Å². The number of amides is 1. The lowest BCUT2D eigenvalue weighted by molar-refractivity contribution is -0.140. The highest BCUT2D eigenvalue weighted by Gasteiger charge is 2.37. The Morgan fingerprint density at radius 2 is 2.08 bits per heavy atom. The number of hydrogen-bond acceptors (Lipinski definition) is 3. The first-order chi connectivity index (χ1) is 11.4. The topological polar surface area (TPSA) is 55.6 Å². The molecule has 1 aliphatic heterocycles. The maximum absolute atomic E-state index is 14.5. The number of likely N-dealkylation sites (tertiary alicyclic amines) is 1. The number of alkyl halides is 2. The molecular formula is C18H26F2N2O2. The summed E-state index contributed by atoms with van der Waals surface area (Å²) in [5.74, 6) is -3.32. The lowest BCUT2D eigenvalue weighted by Crippen LogP contribution is -2.44. The first-order valence-electron chi connectivity index (χ1n) is 8.57. The smallest absolute Gasteiger partial charge is 0.282 e. The molecule has 1 aromatic rings. The van der Waals surface area contributed by atoms with Crippen LogP contribution in [0.4, 0.5) is 8.78 Å². The van der Waals surface area contributed by atoms with Crippen molar-refractivity contribution in [3.8, 4) is 5.75 Å². The number of carbonyl (C=O) groups is 1. The Morgan fingerprint density at radius 1 is 1.38 bits per heavy atom. The number of benzene rings is 1. The monoisotopic (exact) mass is 340 g/mol. The van der Waals surface area contributed by atoms with Gasteiger partial charge in [-0.1, -0.05) is 25.5 Å². The largest absolute Gasteiger partial charge is 0.494 e. The lowest BCUT2D eigenvalue weighted by Gasteiger charge is -2.31. The Balaban J connectivity index is 1.98. The zero-order valence-corrected chi connectivity index (χ0v) is 14.1. The molecular weight excluding hydrogens is 314 g/mol. The van der Waals surface area contributed by atoms with Gasteiger partial charge >= 0.3 is 0 Å². The van der Waals surface area contributed by atoms with E-state index in [0.29, 0.717) is 38.3 Å². The van der Waals surface area contributed by atoms with Crippen LogP contribution in [0.2, 0.25) is 0 Å². The van der Waals surface area contributed by atoms with Gasteiger partial charge in [-0.3, -0.25) is 4.79 Å². The van der Waals surface area contributed by atoms with E-state index in [4.69, 9.17) is 10.5 Å². The number of piperidine rings is 1. The zero-order chi connectivity index (χ0) is 17.6. The molecule has 0 atom stereocenters. The highest BCUT2D eigenvalue weighted by atomic mass is 19.3. The summed E-state index contributed by atoms with van der Waals surface area (Å²) in [5, 5.41) is 0. The lowest BCUT2D eigenvalue weighted by atomic mass is 10.0. The number of carbonyl (C=O) groups excluding carboxylic acids is 1. The maximum atomic E-state index is 14.5. The maximum Gasteiger partial charge on any atom is 0.282 e. The van der Waals surface area contributed by atoms with Crippen LogP contribution in [0.3, 0.4) is 0 Å². The van der Waals surface area contributed by atoms with Crippen molar-refractivity contribution in [3.63, 3.8) is 0 Å². The summed E-state index contributed by atoms with van der Waals surface area (Å²) in [6.45, 7) is 3.44. The molecule has 1 aromatic carbocycles. The first-order valence-corrected chi connectivity index (χ1v) is 8.57. The average molecular weight is 340 g/mol. The molecule has 2 N–H and O–H groups in total. The number of hydrogen-bond donors (Lipinski definition) is 1. The molecule has 1 amide bonds. The average Bonchev–Trinajstić information content (AvgIpc) is 2.55. The molecule has 2 rings (SSSR count). The summed E-state index contributed by atoms with van der Waals surface area (Å²) in [7, 11) is 0. The van der Waals surface area contributed by atoms with E-state index in [0.717, 1.165) is 12.8 Å². The molecule has 1 fully saturated rings. The molecule has 0 radical (unpaired) electrons. The van der Waals surface area contributed by atoms with Crippen molar-refractivity contribution in [2.75, 3.05) is 19.7 Å². The molecule has 1 aliphatic rings. The second kappa shape index (κ2) is 8.42. The van der Waals surface area contributed by atoms with Crippen LogP contribution in [0.5, 0.6) is 5.75 Å². The molecule has 0 spiro atoms. The minimum Gasteiger partial charge on any atom is -0.494 e. The van der Waals surface area contributed by atoms with Gasteiger partial charge in [0.1, 0.15) is 5.75 Å². The number of ether oxygens (including phenoxy) is 1. The van der Waals surface area contributed by atoms with Crippen molar-refractivity contribution in [2.45, 2.75) is 51.0 Å². The molecule has 24 heavy (non-hydrogen) atoms. The van der Waals surface area contributed by atoms with E-state index >= 15 is 0 Å². The van der Waals surface area contributed by atoms with Crippen LogP contribution in [0.25, 0.3) is 0 Å². The highest BCUT2D eigenvalue weighted by Crippen LogP contribution is 2.34. The van der Waals surface area contributed by atoms with Crippen molar-refractivity contribution in [1.82, 2.24) is 4.90 Å². The Kier molecular flexibility index (Phi) is 6.54. The van der Waals surface area contributed by atoms with Gasteiger partial charge in [-0.2, -0.15) is 0 Å². The quantitative estimate of drug-likeness (QED) is 0.775. The molecule has 0 aliphatic carbocycles. The van der Waals surface area contributed by atoms with E-state index in [-0.39, 0.29) is 11.6 Å². The van der Waals surface area contributed by atoms with Gasteiger partial charge in [0.25, 0.3) is 5.92 Å². The van der Waals surface area contributed by atoms with Gasteiger partial charge in [0.2, 0.25) is 5.91 Å². The van der Waals surface area contributed by atoms with Crippen molar-refractivity contribution in [2.24, 2.45) is 5.73 Å². The normalized spacial score (nSPS) is 16.2. The molecule has 1 heterocycles. The van der Waals surface area contributed by atoms with Crippen molar-refractivity contribution < 1.29 is 18.3 Å². The number of nitrogens with zero attached hydrogens (tertiary/aromatic N) is 1. The fourth-order valence-corrected chi connectivity index (χ4v) is 2.70. The van der Waals surface area contributed by atoms with Gasteiger partial charge < -0.3 is 15.4 Å². The summed E-state index contributed by atoms with van der Waals surface area (Å²) >= 11 is 0. The Labute approximate surface area is 142 Å². The van der Waals surface area contributed by atoms with Crippen LogP contribution in [-0.4, -0.2) is 36.5 Å². The molecule has 6 heteroatoms. The van der Waals surface area contributed by atoms with E-state index in [1.54, 1.807) is 6.07 Å². The molecule has 1 saturated heterocycles. The van der Waals surface area contributed by atoms with Gasteiger partial charge in [-0.25, -0.2) is 8.78 Å². The molecule has 0 unspecified atom stereocenters. The second-order valence-corrected chi connectivity index (χ2v) is 6.33. The van der Waals surface area contributed by atoms with Crippen LogP contribution in [0.1, 0.15) is 44.6 Å². The number of unbranched alkanes of at least 4 members (excludes halogenated alkanes) is 1. The van der Waals surface area contributed by atoms with E-state index in [1.807, 2.05) is 6.92 Å². The Hall–Kier alpha value is -1.69. The van der Waals surface area contributed by atoms with Crippen molar-refractivity contribution >= 4 is 5.91 Å². The van der Waals surface area contributed by atoms with Crippen LogP contribution in [0.15, 0.2) is 24.3 Å².